The van der Waals surface area contributed by atoms with Crippen LogP contribution in [0.1, 0.15) is 6.42 Å². The van der Waals surface area contributed by atoms with Crippen LogP contribution in [0, 0.1) is 0 Å². The number of nitrogens with one attached hydrogen (secondary N) is 2. The molecular formula is C11H26IN3O3. The van der Waals surface area contributed by atoms with Crippen LogP contribution in [-0.2, 0) is 14.2 Å². The fraction of sp³-hybridized carbons (Fsp3) is 0.909. The van der Waals surface area contributed by atoms with E-state index in [9.17, 15) is 0 Å². The number of halogens is 1. The number of hydrogen-bond acceptors (Lipinski definition) is 4. The standard InChI is InChI=1S/C11H25N3O3.HI/c1-12-11(14-6-8-15-2)13-5-4-7-17-10-9-16-3;/h4-10H2,1-3H3,(H2,12,13,14);1H. The predicted molar refractivity (Wildman–Crippen MR) is 84.0 cm³/mol. The third kappa shape index (κ3) is 13.9. The molecule has 110 valence electrons. The Morgan fingerprint density at radius 2 is 1.61 bits per heavy atom. The zero-order chi connectivity index (χ0) is 12.8. The summed E-state index contributed by atoms with van der Waals surface area (Å²) in [4.78, 5) is 4.09. The van der Waals surface area contributed by atoms with Gasteiger partial charge in [0.05, 0.1) is 19.8 Å². The van der Waals surface area contributed by atoms with Gasteiger partial charge in [0.1, 0.15) is 0 Å². The lowest BCUT2D eigenvalue weighted by atomic mass is 10.4. The van der Waals surface area contributed by atoms with Gasteiger partial charge in [0.25, 0.3) is 0 Å². The molecule has 0 spiro atoms. The van der Waals surface area contributed by atoms with Crippen LogP contribution in [0.15, 0.2) is 4.99 Å². The first-order valence-electron chi connectivity index (χ1n) is 5.85. The van der Waals surface area contributed by atoms with Gasteiger partial charge in [0, 0.05) is 41.0 Å². The van der Waals surface area contributed by atoms with Crippen LogP contribution in [-0.4, -0.2) is 66.7 Å². The highest BCUT2D eigenvalue weighted by Crippen LogP contribution is 1.82. The van der Waals surface area contributed by atoms with E-state index in [4.69, 9.17) is 14.2 Å². The first kappa shape index (κ1) is 20.2. The summed E-state index contributed by atoms with van der Waals surface area (Å²) in [5.74, 6) is 0.791. The van der Waals surface area contributed by atoms with E-state index in [0.717, 1.165) is 32.1 Å². The molecule has 0 radical (unpaired) electrons. The highest BCUT2D eigenvalue weighted by Gasteiger charge is 1.95. The molecule has 0 unspecified atom stereocenters. The molecule has 0 heterocycles. The largest absolute Gasteiger partial charge is 0.383 e. The van der Waals surface area contributed by atoms with Crippen molar-refractivity contribution in [3.05, 3.63) is 0 Å². The molecule has 0 saturated carbocycles. The Bertz CT molecular complexity index is 194. The minimum absolute atomic E-state index is 0. The van der Waals surface area contributed by atoms with Gasteiger partial charge in [-0.3, -0.25) is 4.99 Å². The van der Waals surface area contributed by atoms with Crippen molar-refractivity contribution in [2.45, 2.75) is 6.42 Å². The number of methoxy groups -OCH3 is 2. The molecule has 0 rings (SSSR count). The van der Waals surface area contributed by atoms with E-state index in [1.54, 1.807) is 21.3 Å². The monoisotopic (exact) mass is 375 g/mol. The van der Waals surface area contributed by atoms with Crippen molar-refractivity contribution in [2.24, 2.45) is 4.99 Å². The maximum atomic E-state index is 5.34. The van der Waals surface area contributed by atoms with E-state index in [1.807, 2.05) is 0 Å². The van der Waals surface area contributed by atoms with Gasteiger partial charge in [-0.25, -0.2) is 0 Å². The molecule has 7 heteroatoms. The Morgan fingerprint density at radius 1 is 0.944 bits per heavy atom. The third-order valence-corrected chi connectivity index (χ3v) is 2.01. The Labute approximate surface area is 127 Å². The first-order valence-corrected chi connectivity index (χ1v) is 5.85. The van der Waals surface area contributed by atoms with E-state index < -0.39 is 0 Å². The average molecular weight is 375 g/mol. The zero-order valence-electron chi connectivity index (χ0n) is 11.5. The van der Waals surface area contributed by atoms with Crippen LogP contribution in [0.3, 0.4) is 0 Å². The summed E-state index contributed by atoms with van der Waals surface area (Å²) in [6, 6.07) is 0. The molecule has 6 nitrogen and oxygen atoms in total. The van der Waals surface area contributed by atoms with Gasteiger partial charge >= 0.3 is 0 Å². The lowest BCUT2D eigenvalue weighted by Gasteiger charge is -2.11. The van der Waals surface area contributed by atoms with Crippen LogP contribution in [0.25, 0.3) is 0 Å². The second-order valence-corrected chi connectivity index (χ2v) is 3.38. The molecule has 18 heavy (non-hydrogen) atoms. The lowest BCUT2D eigenvalue weighted by Crippen LogP contribution is -2.39. The summed E-state index contributed by atoms with van der Waals surface area (Å²) in [5.41, 5.74) is 0. The van der Waals surface area contributed by atoms with Gasteiger partial charge in [0.2, 0.25) is 0 Å². The normalized spacial score (nSPS) is 10.9. The Morgan fingerprint density at radius 3 is 2.22 bits per heavy atom. The van der Waals surface area contributed by atoms with Crippen LogP contribution in [0.5, 0.6) is 0 Å². The fourth-order valence-corrected chi connectivity index (χ4v) is 1.12. The van der Waals surface area contributed by atoms with E-state index in [0.29, 0.717) is 19.8 Å². The number of guanidine groups is 1. The molecular weight excluding hydrogens is 349 g/mol. The number of nitrogens with zero attached hydrogens (tertiary/aromatic N) is 1. The summed E-state index contributed by atoms with van der Waals surface area (Å²) in [6.45, 7) is 4.28. The minimum atomic E-state index is 0. The second-order valence-electron chi connectivity index (χ2n) is 3.38. The predicted octanol–water partition coefficient (Wildman–Crippen LogP) is 0.469. The maximum Gasteiger partial charge on any atom is 0.191 e. The minimum Gasteiger partial charge on any atom is -0.383 e. The van der Waals surface area contributed by atoms with Crippen LogP contribution >= 0.6 is 24.0 Å². The number of rotatable bonds is 10. The molecule has 0 aliphatic rings. The molecule has 0 aromatic heterocycles. The van der Waals surface area contributed by atoms with Gasteiger partial charge in [-0.2, -0.15) is 0 Å². The lowest BCUT2D eigenvalue weighted by molar-refractivity contribution is 0.0698. The number of hydrogen-bond donors (Lipinski definition) is 2. The molecule has 0 atom stereocenters. The van der Waals surface area contributed by atoms with Crippen molar-refractivity contribution in [1.82, 2.24) is 10.6 Å². The third-order valence-electron chi connectivity index (χ3n) is 2.01. The fourth-order valence-electron chi connectivity index (χ4n) is 1.12. The number of aliphatic imine (C=N–C) groups is 1. The van der Waals surface area contributed by atoms with Crippen LogP contribution < -0.4 is 10.6 Å². The van der Waals surface area contributed by atoms with Crippen molar-refractivity contribution < 1.29 is 14.2 Å². The van der Waals surface area contributed by atoms with Crippen molar-refractivity contribution in [1.29, 1.82) is 0 Å². The molecule has 2 N–H and O–H groups in total. The molecule has 0 saturated heterocycles. The first-order chi connectivity index (χ1) is 8.35. The van der Waals surface area contributed by atoms with Crippen molar-refractivity contribution in [2.75, 3.05) is 60.8 Å². The van der Waals surface area contributed by atoms with E-state index in [-0.39, 0.29) is 24.0 Å². The Kier molecular flexibility index (Phi) is 18.9. The van der Waals surface area contributed by atoms with Gasteiger partial charge in [-0.1, -0.05) is 0 Å². The summed E-state index contributed by atoms with van der Waals surface area (Å²) >= 11 is 0. The van der Waals surface area contributed by atoms with Crippen molar-refractivity contribution in [3.8, 4) is 0 Å². The molecule has 0 fully saturated rings. The van der Waals surface area contributed by atoms with Crippen LogP contribution in [0.2, 0.25) is 0 Å². The molecule has 0 aromatic carbocycles. The molecule has 0 aliphatic carbocycles. The van der Waals surface area contributed by atoms with E-state index in [2.05, 4.69) is 15.6 Å². The molecule has 0 aromatic rings. The Hall–Kier alpha value is -0.120. The Balaban J connectivity index is 0. The summed E-state index contributed by atoms with van der Waals surface area (Å²) in [5, 5.41) is 6.33. The quantitative estimate of drug-likeness (QED) is 0.252. The molecule has 0 amide bonds. The SMILES string of the molecule is CN=C(NCCCOCCOC)NCCOC.I. The topological polar surface area (TPSA) is 64.1 Å². The van der Waals surface area contributed by atoms with Gasteiger partial charge in [-0.15, -0.1) is 24.0 Å². The smallest absolute Gasteiger partial charge is 0.191 e. The highest BCUT2D eigenvalue weighted by atomic mass is 127. The summed E-state index contributed by atoms with van der Waals surface area (Å²) < 4.78 is 15.2. The second kappa shape index (κ2) is 16.9. The molecule has 0 aliphatic heterocycles. The summed E-state index contributed by atoms with van der Waals surface area (Å²) in [7, 11) is 5.09. The summed E-state index contributed by atoms with van der Waals surface area (Å²) in [6.07, 6.45) is 0.939. The van der Waals surface area contributed by atoms with E-state index in [1.165, 1.54) is 0 Å². The highest BCUT2D eigenvalue weighted by molar-refractivity contribution is 14.0. The van der Waals surface area contributed by atoms with Gasteiger partial charge < -0.3 is 24.8 Å². The van der Waals surface area contributed by atoms with Crippen LogP contribution in [0.4, 0.5) is 0 Å². The molecule has 0 bridgehead atoms. The van der Waals surface area contributed by atoms with Crippen molar-refractivity contribution >= 4 is 29.9 Å². The van der Waals surface area contributed by atoms with Gasteiger partial charge in [-0.05, 0) is 6.42 Å². The average Bonchev–Trinajstić information content (AvgIpc) is 2.35. The number of ether oxygens (including phenoxy) is 3. The van der Waals surface area contributed by atoms with E-state index >= 15 is 0 Å². The maximum absolute atomic E-state index is 5.34. The van der Waals surface area contributed by atoms with Gasteiger partial charge in [0.15, 0.2) is 5.96 Å². The zero-order valence-corrected chi connectivity index (χ0v) is 13.9. The van der Waals surface area contributed by atoms with Crippen molar-refractivity contribution in [3.63, 3.8) is 0 Å².